The van der Waals surface area contributed by atoms with Crippen molar-refractivity contribution < 1.29 is 9.90 Å². The quantitative estimate of drug-likeness (QED) is 0.537. The highest BCUT2D eigenvalue weighted by molar-refractivity contribution is 5.79. The minimum absolute atomic E-state index is 0.243. The van der Waals surface area contributed by atoms with Crippen molar-refractivity contribution in [3.8, 4) is 0 Å². The average Bonchev–Trinajstić information content (AvgIpc) is 2.34. The van der Waals surface area contributed by atoms with Crippen molar-refractivity contribution in [2.24, 2.45) is 5.73 Å². The van der Waals surface area contributed by atoms with E-state index < -0.39 is 0 Å². The Labute approximate surface area is 66.0 Å². The lowest BCUT2D eigenvalue weighted by Crippen LogP contribution is -2.41. The van der Waals surface area contributed by atoms with E-state index in [-0.39, 0.29) is 18.1 Å². The fourth-order valence-electron chi connectivity index (χ4n) is 1.30. The van der Waals surface area contributed by atoms with Gasteiger partial charge in [0.2, 0.25) is 5.91 Å². The molecular formula is C7H14N2O2. The highest BCUT2D eigenvalue weighted by Crippen LogP contribution is 2.11. The molecule has 2 atom stereocenters. The summed E-state index contributed by atoms with van der Waals surface area (Å²) in [4.78, 5) is 12.6. The van der Waals surface area contributed by atoms with E-state index in [0.717, 1.165) is 13.0 Å². The van der Waals surface area contributed by atoms with Crippen LogP contribution in [-0.4, -0.2) is 41.1 Å². The Bertz CT molecular complexity index is 161. The number of aliphatic hydroxyl groups excluding tert-OH is 1. The fourth-order valence-corrected chi connectivity index (χ4v) is 1.30. The van der Waals surface area contributed by atoms with E-state index in [1.165, 1.54) is 0 Å². The van der Waals surface area contributed by atoms with Crippen LogP contribution in [0.2, 0.25) is 0 Å². The molecule has 0 aromatic carbocycles. The third kappa shape index (κ3) is 1.91. The van der Waals surface area contributed by atoms with Crippen molar-refractivity contribution in [1.82, 2.24) is 4.90 Å². The van der Waals surface area contributed by atoms with Crippen LogP contribution in [0.25, 0.3) is 0 Å². The van der Waals surface area contributed by atoms with Gasteiger partial charge < -0.3 is 10.8 Å². The van der Waals surface area contributed by atoms with Gasteiger partial charge in [0, 0.05) is 13.1 Å². The van der Waals surface area contributed by atoms with Gasteiger partial charge in [-0.25, -0.2) is 0 Å². The summed E-state index contributed by atoms with van der Waals surface area (Å²) in [7, 11) is 0. The van der Waals surface area contributed by atoms with Crippen molar-refractivity contribution in [3.63, 3.8) is 0 Å². The lowest BCUT2D eigenvalue weighted by atomic mass is 10.3. The van der Waals surface area contributed by atoms with Crippen LogP contribution in [-0.2, 0) is 4.79 Å². The number of β-amino-alcohol motifs (C(OH)–C–C–N with tert-alkyl or cyclic N) is 1. The van der Waals surface area contributed by atoms with E-state index in [1.807, 2.05) is 4.90 Å². The number of nitrogens with zero attached hydrogens (tertiary/aromatic N) is 1. The van der Waals surface area contributed by atoms with Gasteiger partial charge in [0.15, 0.2) is 0 Å². The zero-order valence-corrected chi connectivity index (χ0v) is 6.66. The van der Waals surface area contributed by atoms with Crippen LogP contribution < -0.4 is 5.73 Å². The Kier molecular flexibility index (Phi) is 2.46. The molecule has 0 aromatic rings. The lowest BCUT2D eigenvalue weighted by molar-refractivity contribution is -0.122. The molecule has 4 heteroatoms. The monoisotopic (exact) mass is 158 g/mol. The number of likely N-dealkylation sites (tertiary alicyclic amines) is 1. The molecule has 1 amide bonds. The van der Waals surface area contributed by atoms with Gasteiger partial charge in [0.1, 0.15) is 0 Å². The second kappa shape index (κ2) is 3.19. The molecule has 0 aliphatic carbocycles. The number of hydrogen-bond donors (Lipinski definition) is 2. The highest BCUT2D eigenvalue weighted by atomic mass is 16.3. The van der Waals surface area contributed by atoms with Crippen molar-refractivity contribution in [3.05, 3.63) is 0 Å². The van der Waals surface area contributed by atoms with E-state index in [9.17, 15) is 4.79 Å². The first kappa shape index (κ1) is 8.49. The van der Waals surface area contributed by atoms with Crippen LogP contribution in [0.15, 0.2) is 0 Å². The molecule has 1 aliphatic heterocycles. The second-order valence-electron chi connectivity index (χ2n) is 3.02. The number of amides is 1. The number of primary amides is 1. The largest absolute Gasteiger partial charge is 0.392 e. The van der Waals surface area contributed by atoms with E-state index in [1.54, 1.807) is 6.92 Å². The molecule has 11 heavy (non-hydrogen) atoms. The van der Waals surface area contributed by atoms with Crippen molar-refractivity contribution >= 4 is 5.91 Å². The van der Waals surface area contributed by atoms with Crippen LogP contribution in [0.1, 0.15) is 13.3 Å². The predicted octanol–water partition coefficient (Wildman–Crippen LogP) is -1.07. The van der Waals surface area contributed by atoms with Crippen molar-refractivity contribution in [2.75, 3.05) is 13.1 Å². The van der Waals surface area contributed by atoms with E-state index >= 15 is 0 Å². The first-order valence-electron chi connectivity index (χ1n) is 3.82. The third-order valence-corrected chi connectivity index (χ3v) is 2.15. The number of rotatable bonds is 2. The Morgan fingerprint density at radius 2 is 2.45 bits per heavy atom. The van der Waals surface area contributed by atoms with Gasteiger partial charge in [-0.05, 0) is 13.3 Å². The van der Waals surface area contributed by atoms with Gasteiger partial charge in [-0.3, -0.25) is 9.69 Å². The topological polar surface area (TPSA) is 66.6 Å². The molecule has 1 saturated heterocycles. The van der Waals surface area contributed by atoms with Crippen LogP contribution in [0.3, 0.4) is 0 Å². The predicted molar refractivity (Wildman–Crippen MR) is 40.9 cm³/mol. The minimum atomic E-state index is -0.320. The van der Waals surface area contributed by atoms with Gasteiger partial charge in [-0.1, -0.05) is 0 Å². The molecule has 0 bridgehead atoms. The summed E-state index contributed by atoms with van der Waals surface area (Å²) in [6.07, 6.45) is 0.467. The molecule has 0 spiro atoms. The van der Waals surface area contributed by atoms with Gasteiger partial charge >= 0.3 is 0 Å². The van der Waals surface area contributed by atoms with Gasteiger partial charge in [-0.2, -0.15) is 0 Å². The summed E-state index contributed by atoms with van der Waals surface area (Å²) >= 11 is 0. The van der Waals surface area contributed by atoms with Crippen molar-refractivity contribution in [1.29, 1.82) is 0 Å². The molecule has 1 aliphatic rings. The number of carbonyl (C=O) groups is 1. The maximum absolute atomic E-state index is 10.7. The molecule has 1 unspecified atom stereocenters. The van der Waals surface area contributed by atoms with Crippen molar-refractivity contribution in [2.45, 2.75) is 25.5 Å². The highest BCUT2D eigenvalue weighted by Gasteiger charge is 2.26. The maximum Gasteiger partial charge on any atom is 0.234 e. The first-order valence-corrected chi connectivity index (χ1v) is 3.82. The fraction of sp³-hybridized carbons (Fsp3) is 0.857. The van der Waals surface area contributed by atoms with Crippen LogP contribution in [0.5, 0.6) is 0 Å². The molecule has 0 aromatic heterocycles. The Balaban J connectivity index is 2.43. The molecule has 1 fully saturated rings. The summed E-state index contributed by atoms with van der Waals surface area (Å²) < 4.78 is 0. The van der Waals surface area contributed by atoms with Crippen LogP contribution in [0, 0.1) is 0 Å². The molecule has 1 heterocycles. The number of nitrogens with two attached hydrogens (primary N) is 1. The smallest absolute Gasteiger partial charge is 0.234 e. The number of hydrogen-bond acceptors (Lipinski definition) is 3. The maximum atomic E-state index is 10.7. The number of carbonyl (C=O) groups excluding carboxylic acids is 1. The standard InChI is InChI=1S/C7H14N2O2/c1-5(7(8)11)9-3-2-6(10)4-9/h5-6,10H,2-4H2,1H3,(H2,8,11)/t5?,6-/m0/s1. The molecule has 0 radical (unpaired) electrons. The summed E-state index contributed by atoms with van der Waals surface area (Å²) in [5, 5.41) is 9.14. The van der Waals surface area contributed by atoms with E-state index in [0.29, 0.717) is 6.54 Å². The second-order valence-corrected chi connectivity index (χ2v) is 3.02. The lowest BCUT2D eigenvalue weighted by Gasteiger charge is -2.20. The van der Waals surface area contributed by atoms with E-state index in [2.05, 4.69) is 0 Å². The summed E-state index contributed by atoms with van der Waals surface area (Å²) in [6, 6.07) is -0.243. The zero-order valence-electron chi connectivity index (χ0n) is 6.66. The molecular weight excluding hydrogens is 144 g/mol. The van der Waals surface area contributed by atoms with Gasteiger partial charge in [0.25, 0.3) is 0 Å². The van der Waals surface area contributed by atoms with Crippen LogP contribution >= 0.6 is 0 Å². The summed E-state index contributed by atoms with van der Waals surface area (Å²) in [5.74, 6) is -0.320. The Morgan fingerprint density at radius 1 is 1.82 bits per heavy atom. The third-order valence-electron chi connectivity index (χ3n) is 2.15. The molecule has 3 N–H and O–H groups in total. The Hall–Kier alpha value is -0.610. The summed E-state index contributed by atoms with van der Waals surface area (Å²) in [5.41, 5.74) is 5.10. The zero-order chi connectivity index (χ0) is 8.43. The summed E-state index contributed by atoms with van der Waals surface area (Å²) in [6.45, 7) is 3.11. The van der Waals surface area contributed by atoms with E-state index in [4.69, 9.17) is 10.8 Å². The molecule has 4 nitrogen and oxygen atoms in total. The molecule has 1 rings (SSSR count). The average molecular weight is 158 g/mol. The van der Waals surface area contributed by atoms with Gasteiger partial charge in [0.05, 0.1) is 12.1 Å². The SMILES string of the molecule is CC(C(N)=O)N1CC[C@H](O)C1. The minimum Gasteiger partial charge on any atom is -0.392 e. The first-order chi connectivity index (χ1) is 5.11. The van der Waals surface area contributed by atoms with Gasteiger partial charge in [-0.15, -0.1) is 0 Å². The molecule has 64 valence electrons. The number of aliphatic hydroxyl groups is 1. The molecule has 0 saturated carbocycles. The van der Waals surface area contributed by atoms with Crippen LogP contribution in [0.4, 0.5) is 0 Å². The normalized spacial score (nSPS) is 28.7. The Morgan fingerprint density at radius 3 is 2.82 bits per heavy atom.